The van der Waals surface area contributed by atoms with E-state index in [9.17, 15) is 4.79 Å². The molecule has 0 aliphatic carbocycles. The van der Waals surface area contributed by atoms with E-state index in [1.807, 2.05) is 37.3 Å². The molecule has 0 unspecified atom stereocenters. The number of carbonyl (C=O) groups excluding carboxylic acids is 1. The van der Waals surface area contributed by atoms with Gasteiger partial charge in [0.15, 0.2) is 0 Å². The second-order valence-corrected chi connectivity index (χ2v) is 7.30. The number of aryl methyl sites for hydroxylation is 2. The number of rotatable bonds is 13. The van der Waals surface area contributed by atoms with Crippen LogP contribution in [-0.2, 0) is 20.0 Å². The maximum absolute atomic E-state index is 12.4. The van der Waals surface area contributed by atoms with Gasteiger partial charge in [0.05, 0.1) is 12.3 Å². The molecule has 1 amide bonds. The number of carbonyl (C=O) groups is 1. The van der Waals surface area contributed by atoms with Crippen LogP contribution in [0.3, 0.4) is 0 Å². The number of unbranched alkanes of at least 4 members (excludes halogenated alkanes) is 6. The summed E-state index contributed by atoms with van der Waals surface area (Å²) < 4.78 is 7.51. The third-order valence-electron chi connectivity index (χ3n) is 4.89. The Kier molecular flexibility index (Phi) is 9.60. The van der Waals surface area contributed by atoms with Crippen molar-refractivity contribution >= 4 is 5.91 Å². The van der Waals surface area contributed by atoms with Crippen molar-refractivity contribution in [3.63, 3.8) is 0 Å². The first-order valence-corrected chi connectivity index (χ1v) is 10.7. The Balaban J connectivity index is 1.72. The van der Waals surface area contributed by atoms with Crippen molar-refractivity contribution in [1.29, 1.82) is 0 Å². The summed E-state index contributed by atoms with van der Waals surface area (Å²) in [5.74, 6) is 0.760. The molecule has 0 aliphatic heterocycles. The summed E-state index contributed by atoms with van der Waals surface area (Å²) in [5, 5.41) is 7.29. The first kappa shape index (κ1) is 22.0. The maximum Gasteiger partial charge on any atom is 0.269 e. The van der Waals surface area contributed by atoms with Crippen LogP contribution in [-0.4, -0.2) is 22.3 Å². The molecule has 0 saturated heterocycles. The highest BCUT2D eigenvalue weighted by Crippen LogP contribution is 2.15. The van der Waals surface area contributed by atoms with Crippen molar-refractivity contribution in [3.05, 3.63) is 47.3 Å². The molecule has 0 saturated carbocycles. The van der Waals surface area contributed by atoms with Gasteiger partial charge < -0.3 is 10.1 Å². The standard InChI is InChI=1S/C23H35N3O2/c1-4-6-7-8-9-10-11-15-28-21-14-12-13-19(16-21)18-24-23(27)22-17-20(5-2)25-26(22)3/h12-14,16-17H,4-11,15,18H2,1-3H3,(H,24,27). The normalized spacial score (nSPS) is 10.8. The Bertz CT molecular complexity index is 724. The first-order chi connectivity index (χ1) is 13.6. The van der Waals surface area contributed by atoms with Gasteiger partial charge in [0, 0.05) is 13.6 Å². The van der Waals surface area contributed by atoms with Crippen molar-refractivity contribution in [2.75, 3.05) is 6.61 Å². The Morgan fingerprint density at radius 1 is 1.07 bits per heavy atom. The fraction of sp³-hybridized carbons (Fsp3) is 0.565. The zero-order valence-electron chi connectivity index (χ0n) is 17.7. The van der Waals surface area contributed by atoms with E-state index in [0.29, 0.717) is 12.2 Å². The number of nitrogens with one attached hydrogen (secondary N) is 1. The molecule has 5 nitrogen and oxygen atoms in total. The van der Waals surface area contributed by atoms with Crippen LogP contribution in [0.15, 0.2) is 30.3 Å². The van der Waals surface area contributed by atoms with Gasteiger partial charge in [0.2, 0.25) is 0 Å². The minimum atomic E-state index is -0.107. The summed E-state index contributed by atoms with van der Waals surface area (Å²) in [4.78, 5) is 12.4. The van der Waals surface area contributed by atoms with Gasteiger partial charge in [-0.2, -0.15) is 5.10 Å². The van der Waals surface area contributed by atoms with Crippen LogP contribution in [0.4, 0.5) is 0 Å². The number of ether oxygens (including phenoxy) is 1. The maximum atomic E-state index is 12.4. The zero-order chi connectivity index (χ0) is 20.2. The van der Waals surface area contributed by atoms with Crippen LogP contribution in [0, 0.1) is 0 Å². The highest BCUT2D eigenvalue weighted by atomic mass is 16.5. The Hall–Kier alpha value is -2.30. The molecule has 0 fully saturated rings. The van der Waals surface area contributed by atoms with Crippen LogP contribution < -0.4 is 10.1 Å². The number of hydrogen-bond acceptors (Lipinski definition) is 3. The molecule has 0 aliphatic rings. The van der Waals surface area contributed by atoms with Crippen LogP contribution in [0.1, 0.15) is 80.5 Å². The molecule has 5 heteroatoms. The zero-order valence-corrected chi connectivity index (χ0v) is 17.7. The first-order valence-electron chi connectivity index (χ1n) is 10.7. The molecule has 0 radical (unpaired) electrons. The monoisotopic (exact) mass is 385 g/mol. The van der Waals surface area contributed by atoms with E-state index in [0.717, 1.165) is 36.5 Å². The Labute approximate surface area is 169 Å². The summed E-state index contributed by atoms with van der Waals surface area (Å²) in [5.41, 5.74) is 2.54. The van der Waals surface area contributed by atoms with Gasteiger partial charge >= 0.3 is 0 Å². The van der Waals surface area contributed by atoms with Crippen LogP contribution in [0.2, 0.25) is 0 Å². The molecular formula is C23H35N3O2. The molecule has 1 heterocycles. The number of nitrogens with zero attached hydrogens (tertiary/aromatic N) is 2. The summed E-state index contributed by atoms with van der Waals surface area (Å²) in [7, 11) is 1.80. The van der Waals surface area contributed by atoms with Crippen LogP contribution >= 0.6 is 0 Å². The van der Waals surface area contributed by atoms with Crippen LogP contribution in [0.5, 0.6) is 5.75 Å². The minimum Gasteiger partial charge on any atom is -0.494 e. The average Bonchev–Trinajstić information content (AvgIpc) is 3.09. The molecule has 0 spiro atoms. The van der Waals surface area contributed by atoms with E-state index in [2.05, 4.69) is 17.3 Å². The Morgan fingerprint density at radius 3 is 2.54 bits per heavy atom. The number of hydrogen-bond donors (Lipinski definition) is 1. The Morgan fingerprint density at radius 2 is 1.82 bits per heavy atom. The van der Waals surface area contributed by atoms with Gasteiger partial charge in [-0.1, -0.05) is 64.5 Å². The van der Waals surface area contributed by atoms with E-state index < -0.39 is 0 Å². The van der Waals surface area contributed by atoms with Gasteiger partial charge in [-0.05, 0) is 36.6 Å². The van der Waals surface area contributed by atoms with Gasteiger partial charge in [0.1, 0.15) is 11.4 Å². The molecule has 1 aromatic carbocycles. The van der Waals surface area contributed by atoms with E-state index in [1.54, 1.807) is 11.7 Å². The van der Waals surface area contributed by atoms with Gasteiger partial charge in [-0.15, -0.1) is 0 Å². The van der Waals surface area contributed by atoms with Gasteiger partial charge in [-0.3, -0.25) is 9.48 Å². The van der Waals surface area contributed by atoms with Gasteiger partial charge in [0.25, 0.3) is 5.91 Å². The topological polar surface area (TPSA) is 56.1 Å². The fourth-order valence-electron chi connectivity index (χ4n) is 3.18. The largest absolute Gasteiger partial charge is 0.494 e. The third kappa shape index (κ3) is 7.37. The summed E-state index contributed by atoms with van der Waals surface area (Å²) in [6.45, 7) is 5.49. The minimum absolute atomic E-state index is 0.107. The van der Waals surface area contributed by atoms with Crippen molar-refractivity contribution in [3.8, 4) is 5.75 Å². The van der Waals surface area contributed by atoms with E-state index in [4.69, 9.17) is 4.74 Å². The summed E-state index contributed by atoms with van der Waals surface area (Å²) >= 11 is 0. The van der Waals surface area contributed by atoms with E-state index in [1.165, 1.54) is 38.5 Å². The molecule has 0 bridgehead atoms. The van der Waals surface area contributed by atoms with Crippen molar-refractivity contribution < 1.29 is 9.53 Å². The average molecular weight is 386 g/mol. The quantitative estimate of drug-likeness (QED) is 0.491. The lowest BCUT2D eigenvalue weighted by Crippen LogP contribution is -2.25. The second kappa shape index (κ2) is 12.2. The third-order valence-corrected chi connectivity index (χ3v) is 4.89. The predicted molar refractivity (Wildman–Crippen MR) is 114 cm³/mol. The molecular weight excluding hydrogens is 350 g/mol. The lowest BCUT2D eigenvalue weighted by Gasteiger charge is -2.09. The van der Waals surface area contributed by atoms with Crippen molar-refractivity contribution in [2.45, 2.75) is 71.8 Å². The SMILES string of the molecule is CCCCCCCCCOc1cccc(CNC(=O)c2cc(CC)nn2C)c1. The van der Waals surface area contributed by atoms with Crippen LogP contribution in [0.25, 0.3) is 0 Å². The highest BCUT2D eigenvalue weighted by Gasteiger charge is 2.12. The molecule has 28 heavy (non-hydrogen) atoms. The lowest BCUT2D eigenvalue weighted by molar-refractivity contribution is 0.0941. The number of benzene rings is 1. The van der Waals surface area contributed by atoms with Gasteiger partial charge in [-0.25, -0.2) is 0 Å². The summed E-state index contributed by atoms with van der Waals surface area (Å²) in [6.07, 6.45) is 9.75. The number of amides is 1. The molecule has 2 rings (SSSR count). The molecule has 0 atom stereocenters. The smallest absolute Gasteiger partial charge is 0.269 e. The van der Waals surface area contributed by atoms with Crippen molar-refractivity contribution in [1.82, 2.24) is 15.1 Å². The van der Waals surface area contributed by atoms with Crippen molar-refractivity contribution in [2.24, 2.45) is 7.05 Å². The molecule has 1 aromatic heterocycles. The van der Waals surface area contributed by atoms with E-state index in [-0.39, 0.29) is 5.91 Å². The predicted octanol–water partition coefficient (Wildman–Crippen LogP) is 5.04. The number of aromatic nitrogens is 2. The summed E-state index contributed by atoms with van der Waals surface area (Å²) in [6, 6.07) is 9.79. The molecule has 2 aromatic rings. The fourth-order valence-corrected chi connectivity index (χ4v) is 3.18. The van der Waals surface area contributed by atoms with E-state index >= 15 is 0 Å². The molecule has 154 valence electrons. The highest BCUT2D eigenvalue weighted by molar-refractivity contribution is 5.92. The lowest BCUT2D eigenvalue weighted by atomic mass is 10.1. The molecule has 1 N–H and O–H groups in total. The second-order valence-electron chi connectivity index (χ2n) is 7.30.